The third-order valence-corrected chi connectivity index (χ3v) is 8.41. The first-order valence-corrected chi connectivity index (χ1v) is 13.8. The minimum atomic E-state index is -4.13. The number of benzene rings is 4. The number of hydrogen-bond donors (Lipinski definition) is 1. The van der Waals surface area contributed by atoms with Crippen molar-refractivity contribution < 1.29 is 27.1 Å². The molecule has 4 aromatic rings. The standard InChI is InChI=1S/C27H18ClFN2O5S2/c28-21-14-13-19(38(34,35)30-18-11-9-17(29)10-12-18)15-20(21)27(33)36-16-26(32)31-22-5-1-3-7-24(22)37-25-8-4-2-6-23(25)31/h1-15,30H,16H2. The van der Waals surface area contributed by atoms with Gasteiger partial charge in [-0.2, -0.15) is 0 Å². The summed E-state index contributed by atoms with van der Waals surface area (Å²) >= 11 is 7.69. The second kappa shape index (κ2) is 10.5. The maximum Gasteiger partial charge on any atom is 0.340 e. The van der Waals surface area contributed by atoms with Crippen LogP contribution in [0.25, 0.3) is 0 Å². The maximum atomic E-state index is 13.3. The molecule has 0 saturated heterocycles. The number of carbonyl (C=O) groups excluding carboxylic acids is 2. The number of carbonyl (C=O) groups is 2. The molecule has 0 radical (unpaired) electrons. The van der Waals surface area contributed by atoms with Gasteiger partial charge in [-0.15, -0.1) is 0 Å². The average molecular weight is 569 g/mol. The summed E-state index contributed by atoms with van der Waals surface area (Å²) in [5.74, 6) is -1.97. The van der Waals surface area contributed by atoms with Gasteiger partial charge in [-0.1, -0.05) is 47.6 Å². The zero-order chi connectivity index (χ0) is 26.9. The molecule has 0 unspecified atom stereocenters. The maximum absolute atomic E-state index is 13.3. The van der Waals surface area contributed by atoms with Gasteiger partial charge in [0.05, 0.1) is 26.9 Å². The molecule has 0 bridgehead atoms. The molecule has 192 valence electrons. The Morgan fingerprint density at radius 1 is 0.895 bits per heavy atom. The molecule has 0 aliphatic carbocycles. The molecule has 7 nitrogen and oxygen atoms in total. The number of anilines is 3. The van der Waals surface area contributed by atoms with Crippen LogP contribution in [0.1, 0.15) is 10.4 Å². The first kappa shape index (κ1) is 25.8. The largest absolute Gasteiger partial charge is 0.452 e. The molecule has 1 aliphatic heterocycles. The number of halogens is 2. The van der Waals surface area contributed by atoms with E-state index in [1.807, 2.05) is 36.4 Å². The van der Waals surface area contributed by atoms with Crippen molar-refractivity contribution in [3.8, 4) is 0 Å². The molecule has 1 amide bonds. The Bertz CT molecular complexity index is 1620. The number of nitrogens with one attached hydrogen (secondary N) is 1. The fourth-order valence-corrected chi connectivity index (χ4v) is 6.14. The Morgan fingerprint density at radius 3 is 2.13 bits per heavy atom. The summed E-state index contributed by atoms with van der Waals surface area (Å²) in [5.41, 5.74) is 1.23. The molecule has 11 heteroatoms. The highest BCUT2D eigenvalue weighted by molar-refractivity contribution is 7.99. The zero-order valence-corrected chi connectivity index (χ0v) is 21.8. The number of para-hydroxylation sites is 2. The van der Waals surface area contributed by atoms with Gasteiger partial charge < -0.3 is 4.74 Å². The summed E-state index contributed by atoms with van der Waals surface area (Å²) in [6, 6.07) is 23.0. The van der Waals surface area contributed by atoms with Crippen LogP contribution >= 0.6 is 23.4 Å². The molecule has 4 aromatic carbocycles. The van der Waals surface area contributed by atoms with Gasteiger partial charge in [-0.25, -0.2) is 17.6 Å². The molecule has 0 aromatic heterocycles. The lowest BCUT2D eigenvalue weighted by Gasteiger charge is -2.30. The van der Waals surface area contributed by atoms with Gasteiger partial charge in [0.1, 0.15) is 5.82 Å². The van der Waals surface area contributed by atoms with Crippen molar-refractivity contribution in [2.24, 2.45) is 0 Å². The fraction of sp³-hybridized carbons (Fsp3) is 0.0370. The fourth-order valence-electron chi connectivity index (χ4n) is 3.80. The van der Waals surface area contributed by atoms with Crippen LogP contribution in [-0.2, 0) is 19.6 Å². The molecular formula is C27H18ClFN2O5S2. The molecule has 1 heterocycles. The number of esters is 1. The molecule has 5 rings (SSSR count). The van der Waals surface area contributed by atoms with E-state index in [2.05, 4.69) is 4.72 Å². The summed E-state index contributed by atoms with van der Waals surface area (Å²) in [6.07, 6.45) is 0. The monoisotopic (exact) mass is 568 g/mol. The Balaban J connectivity index is 1.35. The lowest BCUT2D eigenvalue weighted by Crippen LogP contribution is -2.32. The smallest absolute Gasteiger partial charge is 0.340 e. The van der Waals surface area contributed by atoms with Crippen molar-refractivity contribution in [3.63, 3.8) is 0 Å². The molecule has 0 saturated carbocycles. The van der Waals surface area contributed by atoms with E-state index in [0.29, 0.717) is 11.4 Å². The summed E-state index contributed by atoms with van der Waals surface area (Å²) < 4.78 is 46.4. The molecule has 1 aliphatic rings. The van der Waals surface area contributed by atoms with E-state index >= 15 is 0 Å². The van der Waals surface area contributed by atoms with Crippen LogP contribution in [0.5, 0.6) is 0 Å². The van der Waals surface area contributed by atoms with Crippen molar-refractivity contribution in [1.29, 1.82) is 0 Å². The first-order valence-electron chi connectivity index (χ1n) is 11.2. The second-order valence-corrected chi connectivity index (χ2v) is 11.3. The van der Waals surface area contributed by atoms with E-state index in [1.54, 1.807) is 12.1 Å². The number of sulfonamides is 1. The molecule has 38 heavy (non-hydrogen) atoms. The van der Waals surface area contributed by atoms with E-state index < -0.39 is 34.3 Å². The minimum absolute atomic E-state index is 0.0479. The van der Waals surface area contributed by atoms with Crippen LogP contribution < -0.4 is 9.62 Å². The predicted octanol–water partition coefficient (Wildman–Crippen LogP) is 6.27. The van der Waals surface area contributed by atoms with Crippen molar-refractivity contribution in [2.45, 2.75) is 14.7 Å². The van der Waals surface area contributed by atoms with Gasteiger partial charge in [0.15, 0.2) is 6.61 Å². The van der Waals surface area contributed by atoms with Crippen LogP contribution in [0, 0.1) is 5.82 Å². The lowest BCUT2D eigenvalue weighted by atomic mass is 10.2. The average Bonchev–Trinajstić information content (AvgIpc) is 2.91. The number of rotatable bonds is 6. The summed E-state index contributed by atoms with van der Waals surface area (Å²) in [5, 5.41) is -0.0479. The minimum Gasteiger partial charge on any atom is -0.452 e. The molecule has 1 N–H and O–H groups in total. The summed E-state index contributed by atoms with van der Waals surface area (Å²) in [6.45, 7) is -0.604. The number of ether oxygens (including phenoxy) is 1. The Hall–Kier alpha value is -3.86. The van der Waals surface area contributed by atoms with E-state index in [1.165, 1.54) is 40.9 Å². The van der Waals surface area contributed by atoms with Crippen molar-refractivity contribution >= 4 is 62.3 Å². The van der Waals surface area contributed by atoms with Crippen LogP contribution in [0.15, 0.2) is 106 Å². The van der Waals surface area contributed by atoms with Gasteiger partial charge in [0.25, 0.3) is 15.9 Å². The van der Waals surface area contributed by atoms with Crippen LogP contribution in [-0.4, -0.2) is 26.9 Å². The Morgan fingerprint density at radius 2 is 1.50 bits per heavy atom. The molecule has 0 fully saturated rings. The van der Waals surface area contributed by atoms with E-state index in [4.69, 9.17) is 16.3 Å². The van der Waals surface area contributed by atoms with Crippen LogP contribution in [0.4, 0.5) is 21.5 Å². The van der Waals surface area contributed by atoms with Crippen molar-refractivity contribution in [1.82, 2.24) is 0 Å². The van der Waals surface area contributed by atoms with Crippen molar-refractivity contribution in [3.05, 3.63) is 107 Å². The topological polar surface area (TPSA) is 92.8 Å². The lowest BCUT2D eigenvalue weighted by molar-refractivity contribution is -0.121. The number of hydrogen-bond acceptors (Lipinski definition) is 6. The normalized spacial score (nSPS) is 12.3. The quantitative estimate of drug-likeness (QED) is 0.276. The number of amides is 1. The van der Waals surface area contributed by atoms with Gasteiger partial charge in [-0.3, -0.25) is 14.4 Å². The Kier molecular flexibility index (Phi) is 7.11. The van der Waals surface area contributed by atoms with Gasteiger partial charge in [-0.05, 0) is 66.7 Å². The highest BCUT2D eigenvalue weighted by atomic mass is 35.5. The first-order chi connectivity index (χ1) is 18.2. The zero-order valence-electron chi connectivity index (χ0n) is 19.4. The highest BCUT2D eigenvalue weighted by Crippen LogP contribution is 2.47. The van der Waals surface area contributed by atoms with Crippen molar-refractivity contribution in [2.75, 3.05) is 16.2 Å². The predicted molar refractivity (Wildman–Crippen MR) is 143 cm³/mol. The third kappa shape index (κ3) is 5.24. The summed E-state index contributed by atoms with van der Waals surface area (Å²) in [7, 11) is -4.13. The highest BCUT2D eigenvalue weighted by Gasteiger charge is 2.29. The molecular weight excluding hydrogens is 551 g/mol. The molecule has 0 atom stereocenters. The van der Waals surface area contributed by atoms with Gasteiger partial charge >= 0.3 is 5.97 Å². The van der Waals surface area contributed by atoms with Crippen LogP contribution in [0.3, 0.4) is 0 Å². The Labute approximate surface area is 227 Å². The van der Waals surface area contributed by atoms with Crippen LogP contribution in [0.2, 0.25) is 5.02 Å². The summed E-state index contributed by atoms with van der Waals surface area (Å²) in [4.78, 5) is 29.1. The van der Waals surface area contributed by atoms with Gasteiger partial charge in [0.2, 0.25) is 0 Å². The van der Waals surface area contributed by atoms with Gasteiger partial charge in [0, 0.05) is 15.5 Å². The van der Waals surface area contributed by atoms with E-state index in [0.717, 1.165) is 28.0 Å². The third-order valence-electron chi connectivity index (χ3n) is 5.57. The molecule has 0 spiro atoms. The SMILES string of the molecule is O=C(OCC(=O)N1c2ccccc2Sc2ccccc21)c1cc(S(=O)(=O)Nc2ccc(F)cc2)ccc1Cl. The van der Waals surface area contributed by atoms with E-state index in [-0.39, 0.29) is 21.2 Å². The number of nitrogens with zero attached hydrogens (tertiary/aromatic N) is 1. The van der Waals surface area contributed by atoms with E-state index in [9.17, 15) is 22.4 Å². The number of fused-ring (bicyclic) bond motifs is 2. The second-order valence-electron chi connectivity index (χ2n) is 8.10.